The van der Waals surface area contributed by atoms with Crippen LogP contribution in [0.2, 0.25) is 0 Å². The summed E-state index contributed by atoms with van der Waals surface area (Å²) in [6, 6.07) is 20.9. The van der Waals surface area contributed by atoms with Gasteiger partial charge in [-0.2, -0.15) is 0 Å². The molecule has 1 N–H and O–H groups in total. The number of fused-ring (bicyclic) bond motifs is 2. The second-order valence-electron chi connectivity index (χ2n) is 8.20. The van der Waals surface area contributed by atoms with Crippen LogP contribution in [-0.4, -0.2) is 27.3 Å². The first-order valence-electron chi connectivity index (χ1n) is 11.4. The molecule has 4 aromatic heterocycles. The van der Waals surface area contributed by atoms with Crippen LogP contribution in [0.3, 0.4) is 0 Å². The molecule has 0 aliphatic rings. The average molecular weight is 510 g/mol. The van der Waals surface area contributed by atoms with Crippen molar-refractivity contribution in [3.63, 3.8) is 0 Å². The van der Waals surface area contributed by atoms with Crippen LogP contribution in [0.1, 0.15) is 5.56 Å². The first-order chi connectivity index (χ1) is 18.2. The highest BCUT2D eigenvalue weighted by Crippen LogP contribution is 2.35. The van der Waals surface area contributed by atoms with Gasteiger partial charge in [0, 0.05) is 34.8 Å². The third-order valence-electron chi connectivity index (χ3n) is 5.82. The molecule has 37 heavy (non-hydrogen) atoms. The molecule has 0 aliphatic carbocycles. The van der Waals surface area contributed by atoms with Crippen LogP contribution < -0.4 is 14.8 Å². The molecular weight excluding hydrogens is 489 g/mol. The summed E-state index contributed by atoms with van der Waals surface area (Å²) in [6.07, 6.45) is 3.32. The molecule has 9 heteroatoms. The van der Waals surface area contributed by atoms with E-state index in [1.807, 2.05) is 66.0 Å². The number of halogens is 1. The van der Waals surface area contributed by atoms with E-state index in [-0.39, 0.29) is 0 Å². The Morgan fingerprint density at radius 2 is 1.76 bits per heavy atom. The quantitative estimate of drug-likeness (QED) is 0.241. The zero-order chi connectivity index (χ0) is 25.2. The molecule has 7 nitrogen and oxygen atoms in total. The Balaban J connectivity index is 1.25. The zero-order valence-corrected chi connectivity index (χ0v) is 20.5. The van der Waals surface area contributed by atoms with E-state index in [9.17, 15) is 4.39 Å². The lowest BCUT2D eigenvalue weighted by molar-refractivity contribution is 0.413. The van der Waals surface area contributed by atoms with Gasteiger partial charge in [-0.25, -0.2) is 9.37 Å². The maximum Gasteiger partial charge on any atom is 0.161 e. The van der Waals surface area contributed by atoms with Gasteiger partial charge in [-0.3, -0.25) is 4.98 Å². The van der Waals surface area contributed by atoms with Gasteiger partial charge in [-0.1, -0.05) is 24.3 Å². The summed E-state index contributed by atoms with van der Waals surface area (Å²) in [5, 5.41) is 15.9. The summed E-state index contributed by atoms with van der Waals surface area (Å²) in [5.74, 6) is 2.53. The standard InChI is InChI=1S/C28H20FN5O2S/c1-35-20-13-23-27(31-15-20)24(10-11-30-23)36-19-8-6-18(7-9-19)32-28-22-5-3-2-4-21(22)26(33-34-28)25-12-17(14-29)16-37-25/h2-13,15-16H,14H2,1H3,(H,32,34). The molecule has 0 fully saturated rings. The van der Waals surface area contributed by atoms with Gasteiger partial charge in [0.1, 0.15) is 29.4 Å². The Labute approximate surface area is 215 Å². The lowest BCUT2D eigenvalue weighted by Crippen LogP contribution is -1.99. The number of rotatable bonds is 7. The Hall–Kier alpha value is -4.63. The number of anilines is 2. The zero-order valence-electron chi connectivity index (χ0n) is 19.7. The van der Waals surface area contributed by atoms with Crippen LogP contribution in [0.15, 0.2) is 84.5 Å². The van der Waals surface area contributed by atoms with Gasteiger partial charge in [-0.05, 0) is 41.3 Å². The van der Waals surface area contributed by atoms with Crippen LogP contribution in [0.25, 0.3) is 32.4 Å². The van der Waals surface area contributed by atoms with Crippen molar-refractivity contribution in [3.8, 4) is 27.8 Å². The number of methoxy groups -OCH3 is 1. The minimum Gasteiger partial charge on any atom is -0.495 e. The Morgan fingerprint density at radius 1 is 0.919 bits per heavy atom. The molecule has 0 amide bonds. The summed E-state index contributed by atoms with van der Waals surface area (Å²) in [5.41, 5.74) is 3.55. The SMILES string of the molecule is COc1cnc2c(Oc3ccc(Nc4nnc(-c5cc(CF)cs5)c5ccccc45)cc3)ccnc2c1. The van der Waals surface area contributed by atoms with Crippen molar-refractivity contribution < 1.29 is 13.9 Å². The van der Waals surface area contributed by atoms with Gasteiger partial charge in [0.2, 0.25) is 0 Å². The number of nitrogens with one attached hydrogen (secondary N) is 1. The van der Waals surface area contributed by atoms with Crippen molar-refractivity contribution in [2.75, 3.05) is 12.4 Å². The number of ether oxygens (including phenoxy) is 2. The molecular formula is C28H20FN5O2S. The van der Waals surface area contributed by atoms with Crippen molar-refractivity contribution in [2.24, 2.45) is 0 Å². The normalized spacial score (nSPS) is 11.1. The van der Waals surface area contributed by atoms with Crippen LogP contribution in [0, 0.1) is 0 Å². The predicted octanol–water partition coefficient (Wildman–Crippen LogP) is 7.32. The van der Waals surface area contributed by atoms with E-state index in [0.29, 0.717) is 39.7 Å². The average Bonchev–Trinajstić information content (AvgIpc) is 3.43. The van der Waals surface area contributed by atoms with E-state index in [1.165, 1.54) is 11.3 Å². The molecule has 0 aliphatic heterocycles. The molecule has 182 valence electrons. The highest BCUT2D eigenvalue weighted by atomic mass is 32.1. The van der Waals surface area contributed by atoms with Crippen molar-refractivity contribution in [3.05, 3.63) is 90.1 Å². The molecule has 0 spiro atoms. The largest absolute Gasteiger partial charge is 0.495 e. The van der Waals surface area contributed by atoms with Gasteiger partial charge in [0.15, 0.2) is 11.6 Å². The lowest BCUT2D eigenvalue weighted by atomic mass is 10.1. The summed E-state index contributed by atoms with van der Waals surface area (Å²) < 4.78 is 24.4. The molecule has 2 aromatic carbocycles. The number of pyridine rings is 2. The first-order valence-corrected chi connectivity index (χ1v) is 12.3. The number of hydrogen-bond acceptors (Lipinski definition) is 8. The number of thiophene rings is 1. The number of benzene rings is 2. The van der Waals surface area contributed by atoms with E-state index in [4.69, 9.17) is 9.47 Å². The maximum atomic E-state index is 13.1. The minimum atomic E-state index is -0.496. The van der Waals surface area contributed by atoms with Gasteiger partial charge in [0.25, 0.3) is 0 Å². The Bertz CT molecular complexity index is 1720. The van der Waals surface area contributed by atoms with Crippen LogP contribution in [-0.2, 0) is 6.67 Å². The second-order valence-corrected chi connectivity index (χ2v) is 9.11. The molecule has 0 bridgehead atoms. The van der Waals surface area contributed by atoms with Crippen LogP contribution in [0.5, 0.6) is 17.2 Å². The van der Waals surface area contributed by atoms with Crippen molar-refractivity contribution in [2.45, 2.75) is 6.67 Å². The van der Waals surface area contributed by atoms with Crippen LogP contribution in [0.4, 0.5) is 15.9 Å². The van der Waals surface area contributed by atoms with E-state index in [0.717, 1.165) is 27.0 Å². The maximum absolute atomic E-state index is 13.1. The number of nitrogens with zero attached hydrogens (tertiary/aromatic N) is 4. The highest BCUT2D eigenvalue weighted by Gasteiger charge is 2.13. The van der Waals surface area contributed by atoms with E-state index in [2.05, 4.69) is 25.5 Å². The van der Waals surface area contributed by atoms with Crippen molar-refractivity contribution >= 4 is 44.6 Å². The molecule has 0 radical (unpaired) electrons. The number of hydrogen-bond donors (Lipinski definition) is 1. The predicted molar refractivity (Wildman–Crippen MR) is 144 cm³/mol. The summed E-state index contributed by atoms with van der Waals surface area (Å²) in [4.78, 5) is 9.66. The summed E-state index contributed by atoms with van der Waals surface area (Å²) in [6.45, 7) is -0.496. The molecule has 0 saturated heterocycles. The number of aromatic nitrogens is 4. The third kappa shape index (κ3) is 4.52. The molecule has 0 atom stereocenters. The number of alkyl halides is 1. The highest BCUT2D eigenvalue weighted by molar-refractivity contribution is 7.13. The van der Waals surface area contributed by atoms with Gasteiger partial charge < -0.3 is 14.8 Å². The van der Waals surface area contributed by atoms with Crippen molar-refractivity contribution in [1.29, 1.82) is 0 Å². The molecule has 6 aromatic rings. The first kappa shape index (κ1) is 22.8. The molecule has 0 unspecified atom stereocenters. The van der Waals surface area contributed by atoms with E-state index >= 15 is 0 Å². The van der Waals surface area contributed by atoms with Crippen LogP contribution >= 0.6 is 11.3 Å². The molecule has 0 saturated carbocycles. The third-order valence-corrected chi connectivity index (χ3v) is 6.81. The topological polar surface area (TPSA) is 82.0 Å². The minimum absolute atomic E-state index is 0.496. The fourth-order valence-corrected chi connectivity index (χ4v) is 4.89. The fraction of sp³-hybridized carbons (Fsp3) is 0.0714. The van der Waals surface area contributed by atoms with Gasteiger partial charge >= 0.3 is 0 Å². The molecule has 6 rings (SSSR count). The smallest absolute Gasteiger partial charge is 0.161 e. The van der Waals surface area contributed by atoms with Crippen molar-refractivity contribution in [1.82, 2.24) is 20.2 Å². The Morgan fingerprint density at radius 3 is 2.54 bits per heavy atom. The lowest BCUT2D eigenvalue weighted by Gasteiger charge is -2.12. The van der Waals surface area contributed by atoms with E-state index in [1.54, 1.807) is 25.6 Å². The summed E-state index contributed by atoms with van der Waals surface area (Å²) in [7, 11) is 1.59. The van der Waals surface area contributed by atoms with Gasteiger partial charge in [0.05, 0.1) is 23.7 Å². The fourth-order valence-electron chi connectivity index (χ4n) is 4.00. The molecule has 4 heterocycles. The second kappa shape index (κ2) is 9.79. The summed E-state index contributed by atoms with van der Waals surface area (Å²) >= 11 is 1.47. The Kier molecular flexibility index (Phi) is 6.03. The monoisotopic (exact) mass is 509 g/mol. The van der Waals surface area contributed by atoms with E-state index < -0.39 is 6.67 Å². The van der Waals surface area contributed by atoms with Gasteiger partial charge in [-0.15, -0.1) is 21.5 Å².